The van der Waals surface area contributed by atoms with E-state index in [0.717, 1.165) is 5.82 Å². The van der Waals surface area contributed by atoms with Crippen molar-refractivity contribution in [1.82, 2.24) is 14.5 Å². The monoisotopic (exact) mass is 204 g/mol. The van der Waals surface area contributed by atoms with Crippen LogP contribution < -0.4 is 10.5 Å². The molecule has 0 radical (unpaired) electrons. The Morgan fingerprint density at radius 2 is 2.20 bits per heavy atom. The minimum absolute atomic E-state index is 0.535. The van der Waals surface area contributed by atoms with Gasteiger partial charge in [0.25, 0.3) is 0 Å². The Labute approximate surface area is 87.5 Å². The number of nitrogens with zero attached hydrogens (tertiary/aromatic N) is 3. The van der Waals surface area contributed by atoms with E-state index < -0.39 is 0 Å². The van der Waals surface area contributed by atoms with Crippen LogP contribution in [0.2, 0.25) is 0 Å². The number of nitrogen functional groups attached to an aromatic ring is 1. The van der Waals surface area contributed by atoms with E-state index in [1.165, 1.54) is 0 Å². The zero-order valence-electron chi connectivity index (χ0n) is 8.64. The molecule has 0 aliphatic rings. The quantitative estimate of drug-likeness (QED) is 0.797. The minimum Gasteiger partial charge on any atom is -0.481 e. The van der Waals surface area contributed by atoms with E-state index in [1.54, 1.807) is 25.4 Å². The molecular weight excluding hydrogens is 192 g/mol. The lowest BCUT2D eigenvalue weighted by Crippen LogP contribution is -2.04. The molecule has 78 valence electrons. The molecule has 0 aliphatic heterocycles. The predicted octanol–water partition coefficient (Wildman–Crippen LogP) is 1.17. The van der Waals surface area contributed by atoms with Gasteiger partial charge in [-0.3, -0.25) is 4.57 Å². The number of methoxy groups -OCH3 is 1. The zero-order chi connectivity index (χ0) is 10.8. The van der Waals surface area contributed by atoms with E-state index >= 15 is 0 Å². The molecule has 5 nitrogen and oxygen atoms in total. The standard InChI is InChI=1S/C10H12N4O/c1-7-12-5-6-14(7)10-8(11)3-4-9(13-10)15-2/h3-6H,11H2,1-2H3. The normalized spacial score (nSPS) is 10.3. The van der Waals surface area contributed by atoms with Crippen molar-refractivity contribution in [2.45, 2.75) is 6.92 Å². The van der Waals surface area contributed by atoms with Crippen LogP contribution in [0.4, 0.5) is 5.69 Å². The minimum atomic E-state index is 0.535. The Bertz CT molecular complexity index is 478. The predicted molar refractivity (Wildman–Crippen MR) is 57.1 cm³/mol. The highest BCUT2D eigenvalue weighted by Crippen LogP contribution is 2.19. The van der Waals surface area contributed by atoms with Crippen molar-refractivity contribution in [3.8, 4) is 11.7 Å². The molecule has 0 fully saturated rings. The third-order valence-corrected chi connectivity index (χ3v) is 2.14. The molecule has 2 N–H and O–H groups in total. The van der Waals surface area contributed by atoms with Gasteiger partial charge in [0.05, 0.1) is 12.8 Å². The van der Waals surface area contributed by atoms with Crippen LogP contribution in [0.5, 0.6) is 5.88 Å². The van der Waals surface area contributed by atoms with Gasteiger partial charge in [0.1, 0.15) is 5.82 Å². The molecule has 0 atom stereocenters. The number of nitrogens with two attached hydrogens (primary N) is 1. The number of aryl methyl sites for hydroxylation is 1. The second kappa shape index (κ2) is 3.61. The molecule has 0 amide bonds. The number of anilines is 1. The molecule has 0 aliphatic carbocycles. The van der Waals surface area contributed by atoms with Crippen LogP contribution in [0.1, 0.15) is 5.82 Å². The Morgan fingerprint density at radius 3 is 2.80 bits per heavy atom. The Kier molecular flexibility index (Phi) is 2.29. The first-order valence-electron chi connectivity index (χ1n) is 4.53. The van der Waals surface area contributed by atoms with Gasteiger partial charge >= 0.3 is 0 Å². The summed E-state index contributed by atoms with van der Waals surface area (Å²) >= 11 is 0. The average molecular weight is 204 g/mol. The van der Waals surface area contributed by atoms with Crippen molar-refractivity contribution in [3.05, 3.63) is 30.4 Å². The number of rotatable bonds is 2. The number of imidazole rings is 1. The van der Waals surface area contributed by atoms with Gasteiger partial charge < -0.3 is 10.5 Å². The summed E-state index contributed by atoms with van der Waals surface area (Å²) in [6.45, 7) is 1.89. The van der Waals surface area contributed by atoms with Crippen molar-refractivity contribution >= 4 is 5.69 Å². The summed E-state index contributed by atoms with van der Waals surface area (Å²) in [7, 11) is 1.57. The SMILES string of the molecule is COc1ccc(N)c(-n2ccnc2C)n1. The molecule has 0 spiro atoms. The van der Waals surface area contributed by atoms with Crippen LogP contribution in [0, 0.1) is 6.92 Å². The van der Waals surface area contributed by atoms with Crippen molar-refractivity contribution in [3.63, 3.8) is 0 Å². The maximum Gasteiger partial charge on any atom is 0.215 e. The summed E-state index contributed by atoms with van der Waals surface area (Å²) in [4.78, 5) is 8.39. The first kappa shape index (κ1) is 9.51. The van der Waals surface area contributed by atoms with Gasteiger partial charge in [0, 0.05) is 18.5 Å². The maximum atomic E-state index is 5.84. The largest absolute Gasteiger partial charge is 0.481 e. The summed E-state index contributed by atoms with van der Waals surface area (Å²) in [5, 5.41) is 0. The van der Waals surface area contributed by atoms with Crippen molar-refractivity contribution in [2.75, 3.05) is 12.8 Å². The third-order valence-electron chi connectivity index (χ3n) is 2.14. The molecule has 0 saturated carbocycles. The fraction of sp³-hybridized carbons (Fsp3) is 0.200. The smallest absolute Gasteiger partial charge is 0.215 e. The van der Waals surface area contributed by atoms with E-state index in [4.69, 9.17) is 10.5 Å². The van der Waals surface area contributed by atoms with E-state index in [1.807, 2.05) is 17.7 Å². The molecule has 2 aromatic rings. The Balaban J connectivity index is 2.56. The highest BCUT2D eigenvalue weighted by atomic mass is 16.5. The lowest BCUT2D eigenvalue weighted by Gasteiger charge is -2.08. The average Bonchev–Trinajstić information content (AvgIpc) is 2.65. The van der Waals surface area contributed by atoms with Gasteiger partial charge in [-0.05, 0) is 13.0 Å². The number of hydrogen-bond acceptors (Lipinski definition) is 4. The fourth-order valence-electron chi connectivity index (χ4n) is 1.35. The number of hydrogen-bond donors (Lipinski definition) is 1. The highest BCUT2D eigenvalue weighted by Gasteiger charge is 2.07. The van der Waals surface area contributed by atoms with Crippen molar-refractivity contribution in [2.24, 2.45) is 0 Å². The van der Waals surface area contributed by atoms with Crippen LogP contribution >= 0.6 is 0 Å². The molecule has 2 rings (SSSR count). The molecule has 0 unspecified atom stereocenters. The molecule has 0 aromatic carbocycles. The van der Waals surface area contributed by atoms with E-state index in [2.05, 4.69) is 9.97 Å². The molecule has 2 aromatic heterocycles. The van der Waals surface area contributed by atoms with Gasteiger partial charge in [-0.1, -0.05) is 0 Å². The maximum absolute atomic E-state index is 5.84. The van der Waals surface area contributed by atoms with Crippen LogP contribution in [-0.2, 0) is 0 Å². The second-order valence-corrected chi connectivity index (χ2v) is 3.11. The summed E-state index contributed by atoms with van der Waals surface area (Å²) < 4.78 is 6.86. The van der Waals surface area contributed by atoms with E-state index in [-0.39, 0.29) is 0 Å². The van der Waals surface area contributed by atoms with Crippen LogP contribution in [0.3, 0.4) is 0 Å². The lowest BCUT2D eigenvalue weighted by molar-refractivity contribution is 0.397. The van der Waals surface area contributed by atoms with Crippen LogP contribution in [0.25, 0.3) is 5.82 Å². The molecule has 0 bridgehead atoms. The number of pyridine rings is 1. The Hall–Kier alpha value is -2.04. The topological polar surface area (TPSA) is 66.0 Å². The van der Waals surface area contributed by atoms with E-state index in [0.29, 0.717) is 17.4 Å². The van der Waals surface area contributed by atoms with Crippen LogP contribution in [-0.4, -0.2) is 21.6 Å². The highest BCUT2D eigenvalue weighted by molar-refractivity contribution is 5.54. The second-order valence-electron chi connectivity index (χ2n) is 3.11. The fourth-order valence-corrected chi connectivity index (χ4v) is 1.35. The number of aromatic nitrogens is 3. The molecule has 15 heavy (non-hydrogen) atoms. The first-order valence-corrected chi connectivity index (χ1v) is 4.53. The van der Waals surface area contributed by atoms with Crippen molar-refractivity contribution < 1.29 is 4.74 Å². The Morgan fingerprint density at radius 1 is 1.40 bits per heavy atom. The molecule has 0 saturated heterocycles. The zero-order valence-corrected chi connectivity index (χ0v) is 8.64. The van der Waals surface area contributed by atoms with Gasteiger partial charge in [-0.2, -0.15) is 4.98 Å². The van der Waals surface area contributed by atoms with Crippen molar-refractivity contribution in [1.29, 1.82) is 0 Å². The van der Waals surface area contributed by atoms with Gasteiger partial charge in [0.2, 0.25) is 5.88 Å². The third kappa shape index (κ3) is 1.63. The first-order chi connectivity index (χ1) is 7.22. The molecular formula is C10H12N4O. The summed E-state index contributed by atoms with van der Waals surface area (Å²) in [6.07, 6.45) is 3.52. The van der Waals surface area contributed by atoms with Crippen LogP contribution in [0.15, 0.2) is 24.5 Å². The number of ether oxygens (including phenoxy) is 1. The summed E-state index contributed by atoms with van der Waals surface area (Å²) in [6, 6.07) is 3.49. The molecule has 5 heteroatoms. The summed E-state index contributed by atoms with van der Waals surface area (Å²) in [5.41, 5.74) is 6.43. The molecule has 2 heterocycles. The van der Waals surface area contributed by atoms with Gasteiger partial charge in [0.15, 0.2) is 5.82 Å². The van der Waals surface area contributed by atoms with Gasteiger partial charge in [-0.25, -0.2) is 4.98 Å². The van der Waals surface area contributed by atoms with Gasteiger partial charge in [-0.15, -0.1) is 0 Å². The lowest BCUT2D eigenvalue weighted by atomic mass is 10.4. The summed E-state index contributed by atoms with van der Waals surface area (Å²) in [5.74, 6) is 2.01. The van der Waals surface area contributed by atoms with E-state index in [9.17, 15) is 0 Å².